The maximum Gasteiger partial charge on any atom is 0.139 e. The number of rotatable bonds is 3. The van der Waals surface area contributed by atoms with Gasteiger partial charge in [0.1, 0.15) is 5.78 Å². The third-order valence-corrected chi connectivity index (χ3v) is 12.9. The Balaban J connectivity index is 1.51. The molecule has 4 saturated carbocycles. The lowest BCUT2D eigenvalue weighted by Gasteiger charge is -2.70. The Hall–Kier alpha value is -0.490. The Bertz CT molecular complexity index is 876. The SMILES string of the molecule is CC(C)(O)[C@@H]1CC[C@@](C)([C@H]2C(=O)C[C@]3(CO)[C@H]2CC[C@H]2[C@@]4(C)CC[C@H](O)C(C)(C)[C@@H]4CC[C@]23C)O1. The predicted molar refractivity (Wildman–Crippen MR) is 136 cm³/mol. The quantitative estimate of drug-likeness (QED) is 0.524. The molecule has 0 spiro atoms. The van der Waals surface area contributed by atoms with E-state index < -0.39 is 16.6 Å². The molecule has 35 heavy (non-hydrogen) atoms. The molecule has 3 N–H and O–H groups in total. The molecule has 0 aromatic carbocycles. The molecule has 5 rings (SSSR count). The molecule has 5 fully saturated rings. The third-order valence-electron chi connectivity index (χ3n) is 12.9. The first kappa shape index (κ1) is 26.1. The predicted octanol–water partition coefficient (Wildman–Crippen LogP) is 4.89. The number of aliphatic hydroxyl groups is 3. The molecule has 1 aliphatic heterocycles. The van der Waals surface area contributed by atoms with Gasteiger partial charge in [-0.3, -0.25) is 4.79 Å². The van der Waals surface area contributed by atoms with E-state index in [2.05, 4.69) is 34.6 Å². The number of ketones is 1. The number of hydrogen-bond donors (Lipinski definition) is 3. The van der Waals surface area contributed by atoms with Gasteiger partial charge in [0.2, 0.25) is 0 Å². The highest BCUT2D eigenvalue weighted by Crippen LogP contribution is 2.75. The molecule has 0 radical (unpaired) electrons. The number of Topliss-reactive ketones (excluding diaryl/α,β-unsaturated/α-hetero) is 1. The topological polar surface area (TPSA) is 87.0 Å². The van der Waals surface area contributed by atoms with E-state index in [1.54, 1.807) is 13.8 Å². The number of carbonyl (C=O) groups is 1. The highest BCUT2D eigenvalue weighted by Gasteiger charge is 2.73. The lowest BCUT2D eigenvalue weighted by Crippen LogP contribution is -2.65. The van der Waals surface area contributed by atoms with Gasteiger partial charge in [0.05, 0.1) is 23.4 Å². The van der Waals surface area contributed by atoms with E-state index in [0.29, 0.717) is 18.3 Å². The van der Waals surface area contributed by atoms with Crippen molar-refractivity contribution in [3.8, 4) is 0 Å². The van der Waals surface area contributed by atoms with Gasteiger partial charge in [0, 0.05) is 24.4 Å². The normalized spacial score (nSPS) is 53.7. The van der Waals surface area contributed by atoms with E-state index in [0.717, 1.165) is 51.4 Å². The van der Waals surface area contributed by atoms with Gasteiger partial charge in [-0.25, -0.2) is 0 Å². The van der Waals surface area contributed by atoms with Crippen LogP contribution in [0.5, 0.6) is 0 Å². The van der Waals surface area contributed by atoms with Crippen LogP contribution >= 0.6 is 0 Å². The smallest absolute Gasteiger partial charge is 0.139 e. The van der Waals surface area contributed by atoms with E-state index in [1.807, 2.05) is 0 Å². The number of aliphatic hydroxyl groups excluding tert-OH is 2. The molecule has 10 atom stereocenters. The molecule has 0 aromatic heterocycles. The molecule has 5 heteroatoms. The van der Waals surface area contributed by atoms with Gasteiger partial charge in [-0.05, 0) is 106 Å². The lowest BCUT2D eigenvalue weighted by molar-refractivity contribution is -0.238. The molecule has 5 nitrogen and oxygen atoms in total. The molecule has 4 aliphatic carbocycles. The first-order chi connectivity index (χ1) is 16.1. The lowest BCUT2D eigenvalue weighted by atomic mass is 9.35. The molecular formula is C30H50O5. The molecule has 200 valence electrons. The highest BCUT2D eigenvalue weighted by molar-refractivity contribution is 5.86. The summed E-state index contributed by atoms with van der Waals surface area (Å²) < 4.78 is 6.54. The van der Waals surface area contributed by atoms with Crippen LogP contribution in [0.2, 0.25) is 0 Å². The van der Waals surface area contributed by atoms with Gasteiger partial charge >= 0.3 is 0 Å². The summed E-state index contributed by atoms with van der Waals surface area (Å²) in [7, 11) is 0. The van der Waals surface area contributed by atoms with Crippen LogP contribution in [0, 0.1) is 45.3 Å². The summed E-state index contributed by atoms with van der Waals surface area (Å²) in [5, 5.41) is 32.6. The van der Waals surface area contributed by atoms with Crippen LogP contribution in [0.1, 0.15) is 106 Å². The van der Waals surface area contributed by atoms with Crippen molar-refractivity contribution in [2.45, 2.75) is 130 Å². The highest BCUT2D eigenvalue weighted by atomic mass is 16.5. The molecule has 5 aliphatic rings. The van der Waals surface area contributed by atoms with Crippen molar-refractivity contribution < 1.29 is 24.9 Å². The van der Waals surface area contributed by atoms with Crippen LogP contribution in [-0.2, 0) is 9.53 Å². The Morgan fingerprint density at radius 1 is 0.943 bits per heavy atom. The minimum atomic E-state index is -0.928. The Morgan fingerprint density at radius 3 is 2.23 bits per heavy atom. The zero-order chi connectivity index (χ0) is 25.8. The van der Waals surface area contributed by atoms with E-state index in [4.69, 9.17) is 4.74 Å². The minimum Gasteiger partial charge on any atom is -0.396 e. The van der Waals surface area contributed by atoms with E-state index in [9.17, 15) is 20.1 Å². The van der Waals surface area contributed by atoms with Crippen molar-refractivity contribution in [1.29, 1.82) is 0 Å². The first-order valence-corrected chi connectivity index (χ1v) is 14.3. The van der Waals surface area contributed by atoms with Crippen LogP contribution in [0.3, 0.4) is 0 Å². The fraction of sp³-hybridized carbons (Fsp3) is 0.967. The fourth-order valence-electron chi connectivity index (χ4n) is 11.0. The van der Waals surface area contributed by atoms with E-state index in [-0.39, 0.29) is 52.7 Å². The zero-order valence-corrected chi connectivity index (χ0v) is 23.2. The van der Waals surface area contributed by atoms with Gasteiger partial charge < -0.3 is 20.1 Å². The molecule has 0 bridgehead atoms. The van der Waals surface area contributed by atoms with Gasteiger partial charge in [-0.1, -0.05) is 27.7 Å². The molecule has 0 unspecified atom stereocenters. The monoisotopic (exact) mass is 490 g/mol. The minimum absolute atomic E-state index is 0.0602. The summed E-state index contributed by atoms with van der Waals surface area (Å²) >= 11 is 0. The average molecular weight is 491 g/mol. The summed E-state index contributed by atoms with van der Waals surface area (Å²) in [6, 6.07) is 0. The van der Waals surface area contributed by atoms with E-state index in [1.165, 1.54) is 0 Å². The van der Waals surface area contributed by atoms with Gasteiger partial charge in [-0.2, -0.15) is 0 Å². The first-order valence-electron chi connectivity index (χ1n) is 14.3. The number of fused-ring (bicyclic) bond motifs is 5. The van der Waals surface area contributed by atoms with Crippen molar-refractivity contribution >= 4 is 5.78 Å². The molecular weight excluding hydrogens is 440 g/mol. The Labute approximate surface area is 212 Å². The van der Waals surface area contributed by atoms with Crippen molar-refractivity contribution in [1.82, 2.24) is 0 Å². The summed E-state index contributed by atoms with van der Waals surface area (Å²) in [5.74, 6) is 1.07. The van der Waals surface area contributed by atoms with Crippen molar-refractivity contribution in [3.63, 3.8) is 0 Å². The Kier molecular flexibility index (Phi) is 5.80. The number of hydrogen-bond acceptors (Lipinski definition) is 5. The van der Waals surface area contributed by atoms with Crippen LogP contribution in [0.25, 0.3) is 0 Å². The van der Waals surface area contributed by atoms with Gasteiger partial charge in [0.15, 0.2) is 0 Å². The fourth-order valence-corrected chi connectivity index (χ4v) is 11.0. The van der Waals surface area contributed by atoms with Crippen molar-refractivity contribution in [3.05, 3.63) is 0 Å². The standard InChI is InChI=1S/C30H50O5/c1-25(2)20-10-14-28(6)21(27(20,5)13-11-22(25)33)9-8-18-24(19(32)16-30(18,28)17-31)29(7)15-12-23(35-29)26(3,4)34/h18,20-24,31,33-34H,8-17H2,1-7H3/t18-,20-,21-,22-,23-,24+,27-,28+,29-,30-/m0/s1. The largest absolute Gasteiger partial charge is 0.396 e. The summed E-state index contributed by atoms with van der Waals surface area (Å²) in [6.45, 7) is 15.1. The van der Waals surface area contributed by atoms with Crippen LogP contribution in [-0.4, -0.2) is 51.1 Å². The van der Waals surface area contributed by atoms with E-state index >= 15 is 0 Å². The van der Waals surface area contributed by atoms with Gasteiger partial charge in [-0.15, -0.1) is 0 Å². The second-order valence-corrected chi connectivity index (χ2v) is 15.2. The maximum atomic E-state index is 13.9. The molecule has 1 heterocycles. The van der Waals surface area contributed by atoms with Crippen molar-refractivity contribution in [2.75, 3.05) is 6.61 Å². The van der Waals surface area contributed by atoms with Crippen LogP contribution in [0.15, 0.2) is 0 Å². The number of carbonyl (C=O) groups excluding carboxylic acids is 1. The second-order valence-electron chi connectivity index (χ2n) is 15.2. The van der Waals surface area contributed by atoms with Crippen LogP contribution < -0.4 is 0 Å². The van der Waals surface area contributed by atoms with Gasteiger partial charge in [0.25, 0.3) is 0 Å². The molecule has 1 saturated heterocycles. The zero-order valence-electron chi connectivity index (χ0n) is 23.2. The summed E-state index contributed by atoms with van der Waals surface area (Å²) in [6.07, 6.45) is 7.44. The maximum absolute atomic E-state index is 13.9. The Morgan fingerprint density at radius 2 is 1.63 bits per heavy atom. The molecule has 0 amide bonds. The summed E-state index contributed by atoms with van der Waals surface area (Å²) in [5.41, 5.74) is -2.02. The third kappa shape index (κ3) is 3.29. The second kappa shape index (κ2) is 7.77. The summed E-state index contributed by atoms with van der Waals surface area (Å²) in [4.78, 5) is 13.9. The molecule has 0 aromatic rings. The number of ether oxygens (including phenoxy) is 1. The van der Waals surface area contributed by atoms with Crippen LogP contribution in [0.4, 0.5) is 0 Å². The average Bonchev–Trinajstić information content (AvgIpc) is 3.30. The van der Waals surface area contributed by atoms with Crippen molar-refractivity contribution in [2.24, 2.45) is 45.3 Å².